The number of aliphatic hydroxyl groups excluding tert-OH is 1. The van der Waals surface area contributed by atoms with Gasteiger partial charge in [0, 0.05) is 17.3 Å². The number of hydrogen-bond donors (Lipinski definition) is 1. The lowest BCUT2D eigenvalue weighted by Crippen LogP contribution is -2.66. The van der Waals surface area contributed by atoms with Crippen LogP contribution in [0.2, 0.25) is 0 Å². The van der Waals surface area contributed by atoms with Crippen LogP contribution in [0, 0.1) is 16.7 Å². The predicted molar refractivity (Wildman–Crippen MR) is 76.7 cm³/mol. The van der Waals surface area contributed by atoms with Crippen molar-refractivity contribution in [2.24, 2.45) is 16.7 Å². The first kappa shape index (κ1) is 13.9. The summed E-state index contributed by atoms with van der Waals surface area (Å²) in [5, 5.41) is 10.3. The number of aliphatic hydroxyl groups is 1. The largest absolute Gasteiger partial charge is 0.396 e. The number of ketones is 1. The molecule has 0 radical (unpaired) electrons. The molecule has 2 aliphatic carbocycles. The van der Waals surface area contributed by atoms with Gasteiger partial charge in [0.25, 0.3) is 0 Å². The third-order valence-electron chi connectivity index (χ3n) is 7.25. The maximum atomic E-state index is 12.4. The lowest BCUT2D eigenvalue weighted by molar-refractivity contribution is -0.217. The number of fused-ring (bicyclic) bond motifs is 2. The minimum absolute atomic E-state index is 0.0292. The zero-order valence-corrected chi connectivity index (χ0v) is 13.2. The minimum atomic E-state index is -0.555. The second-order valence-corrected chi connectivity index (χ2v) is 7.70. The van der Waals surface area contributed by atoms with E-state index in [0.717, 1.165) is 12.0 Å². The molecule has 4 heteroatoms. The smallest absolute Gasteiger partial charge is 0.159 e. The standard InChI is InChI=1S/C17H24O4/c1-9-5-13-16(8-18,7-12(9)19)15(4)10(2)6-14(20-13)17(15)11(3)21-17/h5,10-11,13-14,18H,6-8H2,1-4H3/t10-,11+,13+,14+,15+,16+,17?/m0/s1. The number of rotatable bonds is 1. The molecule has 4 nitrogen and oxygen atoms in total. The van der Waals surface area contributed by atoms with Crippen molar-refractivity contribution in [1.29, 1.82) is 0 Å². The Morgan fingerprint density at radius 2 is 2.10 bits per heavy atom. The predicted octanol–water partition coefficient (Wildman–Crippen LogP) is 1.86. The number of Topliss-reactive ketones (excluding diaryl/α,β-unsaturated/α-hetero) is 1. The molecular weight excluding hydrogens is 268 g/mol. The molecule has 1 N–H and O–H groups in total. The van der Waals surface area contributed by atoms with Crippen molar-refractivity contribution in [3.8, 4) is 0 Å². The van der Waals surface area contributed by atoms with E-state index >= 15 is 0 Å². The van der Waals surface area contributed by atoms with Crippen molar-refractivity contribution in [1.82, 2.24) is 0 Å². The highest BCUT2D eigenvalue weighted by Crippen LogP contribution is 2.74. The Morgan fingerprint density at radius 1 is 1.43 bits per heavy atom. The fourth-order valence-corrected chi connectivity index (χ4v) is 5.77. The van der Waals surface area contributed by atoms with Gasteiger partial charge < -0.3 is 14.6 Å². The van der Waals surface area contributed by atoms with Crippen LogP contribution in [0.5, 0.6) is 0 Å². The van der Waals surface area contributed by atoms with Gasteiger partial charge in [0.2, 0.25) is 0 Å². The fraction of sp³-hybridized carbons (Fsp3) is 0.824. The van der Waals surface area contributed by atoms with Crippen LogP contribution in [-0.2, 0) is 14.3 Å². The Hall–Kier alpha value is -0.710. The van der Waals surface area contributed by atoms with Gasteiger partial charge in [-0.3, -0.25) is 4.79 Å². The molecule has 7 atom stereocenters. The first-order valence-corrected chi connectivity index (χ1v) is 7.99. The van der Waals surface area contributed by atoms with Crippen molar-refractivity contribution < 1.29 is 19.4 Å². The van der Waals surface area contributed by atoms with Gasteiger partial charge in [-0.25, -0.2) is 0 Å². The van der Waals surface area contributed by atoms with Crippen LogP contribution in [0.15, 0.2) is 11.6 Å². The van der Waals surface area contributed by atoms with Crippen LogP contribution in [0.3, 0.4) is 0 Å². The number of allylic oxidation sites excluding steroid dienone is 1. The summed E-state index contributed by atoms with van der Waals surface area (Å²) in [6.45, 7) is 8.34. The zero-order valence-electron chi connectivity index (χ0n) is 13.2. The summed E-state index contributed by atoms with van der Waals surface area (Å²) in [6, 6.07) is 0. The lowest BCUT2D eigenvalue weighted by atomic mass is 9.49. The first-order valence-electron chi connectivity index (χ1n) is 7.99. The van der Waals surface area contributed by atoms with Crippen LogP contribution < -0.4 is 0 Å². The molecule has 0 aromatic heterocycles. The fourth-order valence-electron chi connectivity index (χ4n) is 5.77. The van der Waals surface area contributed by atoms with E-state index in [-0.39, 0.29) is 41.7 Å². The molecule has 0 aromatic rings. The van der Waals surface area contributed by atoms with Crippen LogP contribution in [0.25, 0.3) is 0 Å². The monoisotopic (exact) mass is 292 g/mol. The molecule has 0 amide bonds. The molecule has 2 bridgehead atoms. The third kappa shape index (κ3) is 1.24. The third-order valence-corrected chi connectivity index (χ3v) is 7.25. The molecule has 2 saturated heterocycles. The summed E-state index contributed by atoms with van der Waals surface area (Å²) in [7, 11) is 0. The van der Waals surface area contributed by atoms with Crippen molar-refractivity contribution in [3.63, 3.8) is 0 Å². The topological polar surface area (TPSA) is 59.1 Å². The first-order chi connectivity index (χ1) is 9.83. The molecule has 4 rings (SSSR count). The summed E-state index contributed by atoms with van der Waals surface area (Å²) in [6.07, 6.45) is 3.29. The van der Waals surface area contributed by atoms with Crippen molar-refractivity contribution in [2.75, 3.05) is 6.61 Å². The highest BCUT2D eigenvalue weighted by molar-refractivity contribution is 5.96. The summed E-state index contributed by atoms with van der Waals surface area (Å²) >= 11 is 0. The van der Waals surface area contributed by atoms with Crippen molar-refractivity contribution in [3.05, 3.63) is 11.6 Å². The van der Waals surface area contributed by atoms with Gasteiger partial charge >= 0.3 is 0 Å². The van der Waals surface area contributed by atoms with E-state index in [1.54, 1.807) is 0 Å². The Morgan fingerprint density at radius 3 is 2.67 bits per heavy atom. The quantitative estimate of drug-likeness (QED) is 0.749. The highest BCUT2D eigenvalue weighted by atomic mass is 16.6. The van der Waals surface area contributed by atoms with E-state index < -0.39 is 5.41 Å². The van der Waals surface area contributed by atoms with E-state index in [1.165, 1.54) is 0 Å². The highest BCUT2D eigenvalue weighted by Gasteiger charge is 2.83. The minimum Gasteiger partial charge on any atom is -0.396 e. The molecule has 2 heterocycles. The number of carbonyl (C=O) groups is 1. The molecule has 2 aliphatic heterocycles. The van der Waals surface area contributed by atoms with Gasteiger partial charge in [0.15, 0.2) is 5.78 Å². The summed E-state index contributed by atoms with van der Waals surface area (Å²) in [5.74, 6) is 0.496. The summed E-state index contributed by atoms with van der Waals surface area (Å²) < 4.78 is 12.4. The molecule has 0 aromatic carbocycles. The Balaban J connectivity index is 1.92. The van der Waals surface area contributed by atoms with Crippen LogP contribution in [0.4, 0.5) is 0 Å². The van der Waals surface area contributed by atoms with Gasteiger partial charge in [-0.15, -0.1) is 0 Å². The SMILES string of the molecule is CC1=C[C@H]2O[C@@H]3C[C@H](C)[C@@](C)(C34O[C@@H]4C)[C@@]2(CO)CC1=O. The van der Waals surface area contributed by atoms with Crippen molar-refractivity contribution >= 4 is 5.78 Å². The van der Waals surface area contributed by atoms with Crippen LogP contribution in [0.1, 0.15) is 40.5 Å². The Labute approximate surface area is 125 Å². The van der Waals surface area contributed by atoms with Gasteiger partial charge in [-0.05, 0) is 37.8 Å². The second kappa shape index (κ2) is 3.79. The number of carbonyl (C=O) groups excluding carboxylic acids is 1. The maximum Gasteiger partial charge on any atom is 0.159 e. The lowest BCUT2D eigenvalue weighted by Gasteiger charge is -2.58. The average molecular weight is 292 g/mol. The van der Waals surface area contributed by atoms with E-state index in [9.17, 15) is 9.90 Å². The molecule has 4 aliphatic rings. The van der Waals surface area contributed by atoms with E-state index in [4.69, 9.17) is 9.47 Å². The van der Waals surface area contributed by atoms with Gasteiger partial charge in [-0.2, -0.15) is 0 Å². The molecule has 116 valence electrons. The normalized spacial score (nSPS) is 58.1. The van der Waals surface area contributed by atoms with Gasteiger partial charge in [0.05, 0.1) is 24.9 Å². The van der Waals surface area contributed by atoms with E-state index in [0.29, 0.717) is 12.3 Å². The molecule has 1 spiro atoms. The zero-order chi connectivity index (χ0) is 15.2. The van der Waals surface area contributed by atoms with E-state index in [1.807, 2.05) is 13.0 Å². The van der Waals surface area contributed by atoms with Gasteiger partial charge in [0.1, 0.15) is 5.60 Å². The van der Waals surface area contributed by atoms with Crippen LogP contribution in [-0.4, -0.2) is 41.4 Å². The van der Waals surface area contributed by atoms with Crippen LogP contribution >= 0.6 is 0 Å². The Bertz CT molecular complexity index is 555. The number of hydrogen-bond acceptors (Lipinski definition) is 4. The molecule has 21 heavy (non-hydrogen) atoms. The number of ether oxygens (including phenoxy) is 2. The Kier molecular flexibility index (Phi) is 2.51. The maximum absolute atomic E-state index is 12.4. The molecular formula is C17H24O4. The second-order valence-electron chi connectivity index (χ2n) is 7.70. The van der Waals surface area contributed by atoms with E-state index in [2.05, 4.69) is 20.8 Å². The molecule has 3 fully saturated rings. The summed E-state index contributed by atoms with van der Waals surface area (Å²) in [4.78, 5) is 12.4. The number of epoxide rings is 1. The van der Waals surface area contributed by atoms with Crippen molar-refractivity contribution in [2.45, 2.75) is 64.4 Å². The summed E-state index contributed by atoms with van der Waals surface area (Å²) in [5.41, 5.74) is -0.333. The van der Waals surface area contributed by atoms with Gasteiger partial charge in [-0.1, -0.05) is 13.8 Å². The molecule has 1 saturated carbocycles. The molecule has 1 unspecified atom stereocenters. The average Bonchev–Trinajstić information content (AvgIpc) is 3.08.